The molecule has 3 nitrogen and oxygen atoms in total. The second-order valence-electron chi connectivity index (χ2n) is 7.08. The Hall–Kier alpha value is -1.35. The largest absolute Gasteiger partial charge is 0.466 e. The third-order valence-corrected chi connectivity index (χ3v) is 4.61. The van der Waals surface area contributed by atoms with Gasteiger partial charge < -0.3 is 4.74 Å². The lowest BCUT2D eigenvalue weighted by molar-refractivity contribution is -0.128. The van der Waals surface area contributed by atoms with E-state index in [2.05, 4.69) is 31.3 Å². The quantitative estimate of drug-likeness (QED) is 0.844. The van der Waals surface area contributed by atoms with Crippen LogP contribution < -0.4 is 10.1 Å². The molecule has 2 bridgehead atoms. The van der Waals surface area contributed by atoms with Crippen molar-refractivity contribution in [1.29, 1.82) is 0 Å². The van der Waals surface area contributed by atoms with Crippen LogP contribution in [0, 0.1) is 11.8 Å². The van der Waals surface area contributed by atoms with Gasteiger partial charge in [0.2, 0.25) is 5.72 Å². The predicted molar refractivity (Wildman–Crippen MR) is 83.3 cm³/mol. The maximum Gasteiger partial charge on any atom is 0.217 e. The molecule has 1 aromatic rings. The van der Waals surface area contributed by atoms with Gasteiger partial charge in [0.1, 0.15) is 5.75 Å². The average molecular weight is 287 g/mol. The number of ether oxygens (including phenoxy) is 1. The molecule has 2 fully saturated rings. The molecule has 0 spiro atoms. The van der Waals surface area contributed by atoms with E-state index in [4.69, 9.17) is 4.74 Å². The molecule has 1 heterocycles. The molecule has 1 saturated heterocycles. The number of fused-ring (bicyclic) bond motifs is 2. The van der Waals surface area contributed by atoms with Gasteiger partial charge in [0.05, 0.1) is 0 Å². The fourth-order valence-corrected chi connectivity index (χ4v) is 3.82. The Labute approximate surface area is 127 Å². The van der Waals surface area contributed by atoms with Crippen molar-refractivity contribution in [2.75, 3.05) is 0 Å². The molecule has 3 atom stereocenters. The molecule has 0 amide bonds. The summed E-state index contributed by atoms with van der Waals surface area (Å²) in [6, 6.07) is 8.60. The van der Waals surface area contributed by atoms with Gasteiger partial charge in [-0.1, -0.05) is 26.0 Å². The first kappa shape index (κ1) is 14.6. The SMILES string of the molecule is CC(C)Cc1cccc(OC2(C=O)CC3CCC(C3)N2)c1. The van der Waals surface area contributed by atoms with Gasteiger partial charge in [-0.05, 0) is 55.2 Å². The standard InChI is InChI=1S/C18H25NO2/c1-13(2)8-14-4-3-5-17(10-14)21-18(12-20)11-15-6-7-16(9-15)19-18/h3-5,10,12-13,15-16,19H,6-9,11H2,1-2H3. The van der Waals surface area contributed by atoms with Gasteiger partial charge in [0.15, 0.2) is 6.29 Å². The Morgan fingerprint density at radius 1 is 1.43 bits per heavy atom. The Morgan fingerprint density at radius 2 is 2.29 bits per heavy atom. The molecule has 1 saturated carbocycles. The molecule has 3 heteroatoms. The number of aldehydes is 1. The van der Waals surface area contributed by atoms with Crippen LogP contribution in [0.2, 0.25) is 0 Å². The summed E-state index contributed by atoms with van der Waals surface area (Å²) in [5.74, 6) is 2.04. The van der Waals surface area contributed by atoms with Gasteiger partial charge in [-0.3, -0.25) is 10.1 Å². The molecule has 0 radical (unpaired) electrons. The number of hydrogen-bond acceptors (Lipinski definition) is 3. The number of piperidine rings is 1. The summed E-state index contributed by atoms with van der Waals surface area (Å²) in [6.45, 7) is 4.42. The van der Waals surface area contributed by atoms with Gasteiger partial charge in [0.25, 0.3) is 0 Å². The second-order valence-corrected chi connectivity index (χ2v) is 7.08. The van der Waals surface area contributed by atoms with Crippen LogP contribution in [-0.2, 0) is 11.2 Å². The summed E-state index contributed by atoms with van der Waals surface area (Å²) in [7, 11) is 0. The monoisotopic (exact) mass is 287 g/mol. The van der Waals surface area contributed by atoms with Gasteiger partial charge in [-0.2, -0.15) is 0 Å². The first-order valence-corrected chi connectivity index (χ1v) is 8.10. The van der Waals surface area contributed by atoms with Crippen LogP contribution in [0.3, 0.4) is 0 Å². The van der Waals surface area contributed by atoms with Crippen LogP contribution in [0.5, 0.6) is 5.75 Å². The fourth-order valence-electron chi connectivity index (χ4n) is 3.82. The van der Waals surface area contributed by atoms with E-state index in [9.17, 15) is 4.79 Å². The van der Waals surface area contributed by atoms with Crippen LogP contribution in [-0.4, -0.2) is 18.1 Å². The van der Waals surface area contributed by atoms with Crippen molar-refractivity contribution in [2.24, 2.45) is 11.8 Å². The molecule has 3 unspecified atom stereocenters. The van der Waals surface area contributed by atoms with Gasteiger partial charge in [0, 0.05) is 12.5 Å². The van der Waals surface area contributed by atoms with E-state index in [1.807, 2.05) is 12.1 Å². The Balaban J connectivity index is 1.76. The van der Waals surface area contributed by atoms with E-state index in [1.54, 1.807) is 0 Å². The highest BCUT2D eigenvalue weighted by Gasteiger charge is 2.45. The Bertz CT molecular complexity index is 500. The molecule has 1 aromatic carbocycles. The molecule has 2 aliphatic rings. The summed E-state index contributed by atoms with van der Waals surface area (Å²) < 4.78 is 6.12. The number of nitrogens with one attached hydrogen (secondary N) is 1. The topological polar surface area (TPSA) is 38.3 Å². The zero-order chi connectivity index (χ0) is 14.9. The van der Waals surface area contributed by atoms with Crippen molar-refractivity contribution in [3.8, 4) is 5.75 Å². The minimum absolute atomic E-state index is 0.438. The molecule has 1 N–H and O–H groups in total. The van der Waals surface area contributed by atoms with E-state index in [1.165, 1.54) is 18.4 Å². The summed E-state index contributed by atoms with van der Waals surface area (Å²) in [5, 5.41) is 3.43. The van der Waals surface area contributed by atoms with Crippen molar-refractivity contribution in [1.82, 2.24) is 5.32 Å². The lowest BCUT2D eigenvalue weighted by Gasteiger charge is -2.37. The molecule has 1 aliphatic heterocycles. The van der Waals surface area contributed by atoms with E-state index in [0.717, 1.165) is 31.3 Å². The smallest absolute Gasteiger partial charge is 0.217 e. The van der Waals surface area contributed by atoms with E-state index in [0.29, 0.717) is 17.9 Å². The van der Waals surface area contributed by atoms with Crippen LogP contribution in [0.1, 0.15) is 45.1 Å². The van der Waals surface area contributed by atoms with Gasteiger partial charge in [-0.25, -0.2) is 0 Å². The number of carbonyl (C=O) groups excluding carboxylic acids is 1. The maximum atomic E-state index is 11.7. The number of rotatable bonds is 5. The van der Waals surface area contributed by atoms with Crippen molar-refractivity contribution in [3.05, 3.63) is 29.8 Å². The van der Waals surface area contributed by atoms with E-state index >= 15 is 0 Å². The minimum Gasteiger partial charge on any atom is -0.466 e. The predicted octanol–water partition coefficient (Wildman–Crippen LogP) is 3.32. The number of carbonyl (C=O) groups is 1. The second kappa shape index (κ2) is 5.80. The Morgan fingerprint density at radius 3 is 3.00 bits per heavy atom. The summed E-state index contributed by atoms with van der Waals surface area (Å²) in [4.78, 5) is 11.7. The van der Waals surface area contributed by atoms with Crippen molar-refractivity contribution in [3.63, 3.8) is 0 Å². The highest BCUT2D eigenvalue weighted by Crippen LogP contribution is 2.38. The fraction of sp³-hybridized carbons (Fsp3) is 0.611. The van der Waals surface area contributed by atoms with Crippen molar-refractivity contribution in [2.45, 2.75) is 57.7 Å². The maximum absolute atomic E-state index is 11.7. The summed E-state index contributed by atoms with van der Waals surface area (Å²) in [5.41, 5.74) is 0.447. The molecule has 1 aliphatic carbocycles. The van der Waals surface area contributed by atoms with E-state index in [-0.39, 0.29) is 0 Å². The first-order valence-electron chi connectivity index (χ1n) is 8.10. The third kappa shape index (κ3) is 3.29. The van der Waals surface area contributed by atoms with Crippen molar-refractivity contribution >= 4 is 6.29 Å². The molecule has 21 heavy (non-hydrogen) atoms. The van der Waals surface area contributed by atoms with Crippen LogP contribution >= 0.6 is 0 Å². The van der Waals surface area contributed by atoms with Crippen LogP contribution in [0.4, 0.5) is 0 Å². The average Bonchev–Trinajstić information content (AvgIpc) is 2.78. The lowest BCUT2D eigenvalue weighted by atomic mass is 9.92. The van der Waals surface area contributed by atoms with Crippen molar-refractivity contribution < 1.29 is 9.53 Å². The summed E-state index contributed by atoms with van der Waals surface area (Å²) >= 11 is 0. The van der Waals surface area contributed by atoms with Crippen LogP contribution in [0.15, 0.2) is 24.3 Å². The van der Waals surface area contributed by atoms with E-state index < -0.39 is 5.72 Å². The number of benzene rings is 1. The highest BCUT2D eigenvalue weighted by atomic mass is 16.5. The normalized spacial score (nSPS) is 31.4. The van der Waals surface area contributed by atoms with Gasteiger partial charge >= 0.3 is 0 Å². The molecular weight excluding hydrogens is 262 g/mol. The van der Waals surface area contributed by atoms with Gasteiger partial charge in [-0.15, -0.1) is 0 Å². The first-order chi connectivity index (χ1) is 10.1. The third-order valence-electron chi connectivity index (χ3n) is 4.61. The summed E-state index contributed by atoms with van der Waals surface area (Å²) in [6.07, 6.45) is 6.35. The molecule has 0 aromatic heterocycles. The lowest BCUT2D eigenvalue weighted by Crippen LogP contribution is -2.58. The zero-order valence-electron chi connectivity index (χ0n) is 13.0. The molecule has 3 rings (SSSR count). The Kier molecular flexibility index (Phi) is 4.03. The minimum atomic E-state index is -0.819. The van der Waals surface area contributed by atoms with Crippen LogP contribution in [0.25, 0.3) is 0 Å². The number of hydrogen-bond donors (Lipinski definition) is 1. The highest BCUT2D eigenvalue weighted by molar-refractivity contribution is 5.63. The zero-order valence-corrected chi connectivity index (χ0v) is 13.0. The molecule has 114 valence electrons. The molecular formula is C18H25NO2.